The van der Waals surface area contributed by atoms with Gasteiger partial charge in [-0.25, -0.2) is 0 Å². The number of aliphatic hydroxyl groups excluding tert-OH is 1. The molecule has 0 bridgehead atoms. The van der Waals surface area contributed by atoms with Crippen LogP contribution in [0.5, 0.6) is 0 Å². The van der Waals surface area contributed by atoms with Gasteiger partial charge in [-0.1, -0.05) is 53.6 Å². The van der Waals surface area contributed by atoms with Crippen LogP contribution >= 0.6 is 15.9 Å². The molecule has 3 heteroatoms. The first-order valence-electron chi connectivity index (χ1n) is 6.14. The standard InChI is InChI=1S/C15H21BrO2/c1-10(7-8-16)5-6-12-11(2)14(18)13(17)9-15(12,3)4/h5-7,13,17H,8-9H2,1-4H3/b6-5+,10-7+. The van der Waals surface area contributed by atoms with E-state index >= 15 is 0 Å². The average molecular weight is 313 g/mol. The van der Waals surface area contributed by atoms with Gasteiger partial charge in [-0.3, -0.25) is 4.79 Å². The molecule has 0 aromatic heterocycles. The average Bonchev–Trinajstić information content (AvgIpc) is 2.25. The predicted molar refractivity (Wildman–Crippen MR) is 78.8 cm³/mol. The Morgan fingerprint density at radius 2 is 2.17 bits per heavy atom. The Hall–Kier alpha value is -0.670. The molecule has 0 saturated heterocycles. The lowest BCUT2D eigenvalue weighted by Crippen LogP contribution is -2.35. The van der Waals surface area contributed by atoms with Gasteiger partial charge in [-0.2, -0.15) is 0 Å². The molecule has 0 aromatic carbocycles. The van der Waals surface area contributed by atoms with Crippen LogP contribution in [-0.2, 0) is 4.79 Å². The van der Waals surface area contributed by atoms with Crippen LogP contribution in [0.15, 0.2) is 34.9 Å². The summed E-state index contributed by atoms with van der Waals surface area (Å²) in [5, 5.41) is 10.6. The van der Waals surface area contributed by atoms with E-state index in [1.165, 1.54) is 0 Å². The zero-order chi connectivity index (χ0) is 13.9. The van der Waals surface area contributed by atoms with E-state index < -0.39 is 6.10 Å². The zero-order valence-corrected chi connectivity index (χ0v) is 13.0. The van der Waals surface area contributed by atoms with Gasteiger partial charge in [0.25, 0.3) is 0 Å². The molecule has 1 N–H and O–H groups in total. The van der Waals surface area contributed by atoms with Gasteiger partial charge in [0.2, 0.25) is 0 Å². The van der Waals surface area contributed by atoms with Crippen LogP contribution in [0.2, 0.25) is 0 Å². The molecule has 0 aromatic rings. The molecule has 0 aliphatic heterocycles. The minimum atomic E-state index is -0.851. The first-order chi connectivity index (χ1) is 8.29. The maximum atomic E-state index is 11.8. The number of ketones is 1. The number of rotatable bonds is 3. The quantitative estimate of drug-likeness (QED) is 0.639. The predicted octanol–water partition coefficient (Wildman–Crippen LogP) is 3.56. The van der Waals surface area contributed by atoms with Gasteiger partial charge in [-0.15, -0.1) is 0 Å². The molecule has 1 unspecified atom stereocenters. The Labute approximate surface area is 118 Å². The third-order valence-electron chi connectivity index (χ3n) is 3.42. The lowest BCUT2D eigenvalue weighted by Gasteiger charge is -2.34. The van der Waals surface area contributed by atoms with Crippen LogP contribution in [0.25, 0.3) is 0 Å². The summed E-state index contributed by atoms with van der Waals surface area (Å²) in [5.41, 5.74) is 2.70. The largest absolute Gasteiger partial charge is 0.385 e. The monoisotopic (exact) mass is 312 g/mol. The SMILES string of the molecule is CC1=C(/C=C/C(C)=C/CBr)C(C)(C)CC(O)C1=O. The fraction of sp³-hybridized carbons (Fsp3) is 0.533. The molecular formula is C15H21BrO2. The van der Waals surface area contributed by atoms with Crippen molar-refractivity contribution in [2.24, 2.45) is 5.41 Å². The lowest BCUT2D eigenvalue weighted by molar-refractivity contribution is -0.125. The first-order valence-corrected chi connectivity index (χ1v) is 7.26. The molecule has 1 atom stereocenters. The number of halogens is 1. The smallest absolute Gasteiger partial charge is 0.187 e. The number of Topliss-reactive ketones (excluding diaryl/α,β-unsaturated/α-hetero) is 1. The maximum Gasteiger partial charge on any atom is 0.187 e. The molecule has 0 fully saturated rings. The van der Waals surface area contributed by atoms with E-state index in [4.69, 9.17) is 0 Å². The van der Waals surface area contributed by atoms with Crippen LogP contribution in [0.1, 0.15) is 34.1 Å². The van der Waals surface area contributed by atoms with Crippen LogP contribution in [0.3, 0.4) is 0 Å². The molecule has 0 radical (unpaired) electrons. The van der Waals surface area contributed by atoms with E-state index in [0.717, 1.165) is 16.5 Å². The number of carbonyl (C=O) groups excluding carboxylic acids is 1. The van der Waals surface area contributed by atoms with Crippen molar-refractivity contribution in [2.45, 2.75) is 40.2 Å². The second-order valence-electron chi connectivity index (χ2n) is 5.44. The van der Waals surface area contributed by atoms with Gasteiger partial charge in [0.05, 0.1) is 0 Å². The van der Waals surface area contributed by atoms with Crippen molar-refractivity contribution < 1.29 is 9.90 Å². The summed E-state index contributed by atoms with van der Waals surface area (Å²) < 4.78 is 0. The highest BCUT2D eigenvalue weighted by atomic mass is 79.9. The van der Waals surface area contributed by atoms with Crippen molar-refractivity contribution in [1.29, 1.82) is 0 Å². The Balaban J connectivity index is 3.11. The van der Waals surface area contributed by atoms with Gasteiger partial charge in [0, 0.05) is 5.33 Å². The van der Waals surface area contributed by atoms with Gasteiger partial charge < -0.3 is 5.11 Å². The number of alkyl halides is 1. The summed E-state index contributed by atoms with van der Waals surface area (Å²) in [6, 6.07) is 0. The third kappa shape index (κ3) is 3.42. The number of carbonyl (C=O) groups is 1. The van der Waals surface area contributed by atoms with Crippen LogP contribution < -0.4 is 0 Å². The van der Waals surface area contributed by atoms with Gasteiger partial charge in [0.1, 0.15) is 6.10 Å². The van der Waals surface area contributed by atoms with Crippen LogP contribution in [0, 0.1) is 5.41 Å². The van der Waals surface area contributed by atoms with Crippen molar-refractivity contribution in [3.8, 4) is 0 Å². The minimum absolute atomic E-state index is 0.143. The summed E-state index contributed by atoms with van der Waals surface area (Å²) >= 11 is 3.36. The Bertz CT molecular complexity index is 428. The minimum Gasteiger partial charge on any atom is -0.385 e. The molecule has 0 amide bonds. The summed E-state index contributed by atoms with van der Waals surface area (Å²) in [5.74, 6) is -0.143. The molecular weight excluding hydrogens is 292 g/mol. The van der Waals surface area contributed by atoms with Crippen LogP contribution in [-0.4, -0.2) is 22.3 Å². The summed E-state index contributed by atoms with van der Waals surface area (Å²) in [6.45, 7) is 7.96. The van der Waals surface area contributed by atoms with Crippen LogP contribution in [0.4, 0.5) is 0 Å². The highest BCUT2D eigenvalue weighted by molar-refractivity contribution is 9.09. The fourth-order valence-corrected chi connectivity index (χ4v) is 2.84. The molecule has 0 heterocycles. The second-order valence-corrected chi connectivity index (χ2v) is 6.09. The molecule has 100 valence electrons. The van der Waals surface area contributed by atoms with E-state index in [1.54, 1.807) is 6.92 Å². The lowest BCUT2D eigenvalue weighted by atomic mass is 9.71. The summed E-state index contributed by atoms with van der Waals surface area (Å²) in [7, 11) is 0. The van der Waals surface area contributed by atoms with Crippen molar-refractivity contribution in [3.05, 3.63) is 34.9 Å². The highest BCUT2D eigenvalue weighted by Crippen LogP contribution is 2.39. The second kappa shape index (κ2) is 5.98. The van der Waals surface area contributed by atoms with E-state index in [1.807, 2.05) is 19.1 Å². The molecule has 1 aliphatic carbocycles. The molecule has 18 heavy (non-hydrogen) atoms. The van der Waals surface area contributed by atoms with E-state index in [-0.39, 0.29) is 11.2 Å². The number of allylic oxidation sites excluding steroid dienone is 5. The van der Waals surface area contributed by atoms with Crippen molar-refractivity contribution >= 4 is 21.7 Å². The Kier molecular flexibility index (Phi) is 5.11. The fourth-order valence-electron chi connectivity index (χ4n) is 2.33. The normalized spacial score (nSPS) is 25.1. The number of hydrogen-bond acceptors (Lipinski definition) is 2. The molecule has 0 spiro atoms. The Morgan fingerprint density at radius 1 is 1.56 bits per heavy atom. The van der Waals surface area contributed by atoms with E-state index in [2.05, 4.69) is 35.9 Å². The molecule has 2 nitrogen and oxygen atoms in total. The van der Waals surface area contributed by atoms with Gasteiger partial charge in [-0.05, 0) is 36.8 Å². The van der Waals surface area contributed by atoms with Gasteiger partial charge >= 0.3 is 0 Å². The third-order valence-corrected chi connectivity index (χ3v) is 3.74. The zero-order valence-electron chi connectivity index (χ0n) is 11.5. The van der Waals surface area contributed by atoms with E-state index in [9.17, 15) is 9.90 Å². The van der Waals surface area contributed by atoms with Crippen molar-refractivity contribution in [2.75, 3.05) is 5.33 Å². The first kappa shape index (κ1) is 15.4. The summed E-state index contributed by atoms with van der Waals surface area (Å²) in [4.78, 5) is 11.8. The molecule has 1 rings (SSSR count). The van der Waals surface area contributed by atoms with Crippen molar-refractivity contribution in [1.82, 2.24) is 0 Å². The Morgan fingerprint density at radius 3 is 2.72 bits per heavy atom. The van der Waals surface area contributed by atoms with Gasteiger partial charge in [0.15, 0.2) is 5.78 Å². The topological polar surface area (TPSA) is 37.3 Å². The molecule has 0 saturated carbocycles. The van der Waals surface area contributed by atoms with Crippen molar-refractivity contribution in [3.63, 3.8) is 0 Å². The van der Waals surface area contributed by atoms with E-state index in [0.29, 0.717) is 12.0 Å². The number of aliphatic hydroxyl groups is 1. The highest BCUT2D eigenvalue weighted by Gasteiger charge is 2.36. The maximum absolute atomic E-state index is 11.8. The number of hydrogen-bond donors (Lipinski definition) is 1. The summed E-state index contributed by atoms with van der Waals surface area (Å²) in [6.07, 6.45) is 5.74. The molecule has 1 aliphatic rings.